The van der Waals surface area contributed by atoms with Crippen LogP contribution in [-0.2, 0) is 4.79 Å². The van der Waals surface area contributed by atoms with E-state index >= 15 is 0 Å². The predicted octanol–water partition coefficient (Wildman–Crippen LogP) is 2.66. The van der Waals surface area contributed by atoms with Crippen molar-refractivity contribution < 1.29 is 9.59 Å². The highest BCUT2D eigenvalue weighted by Gasteiger charge is 2.23. The quantitative estimate of drug-likeness (QED) is 0.907. The first kappa shape index (κ1) is 15.0. The third-order valence-corrected chi connectivity index (χ3v) is 4.54. The van der Waals surface area contributed by atoms with E-state index in [4.69, 9.17) is 0 Å². The summed E-state index contributed by atoms with van der Waals surface area (Å²) in [5.41, 5.74) is 0. The van der Waals surface area contributed by atoms with E-state index in [0.717, 1.165) is 43.6 Å². The number of hydrogen-bond donors (Lipinski definition) is 1. The highest BCUT2D eigenvalue weighted by Crippen LogP contribution is 2.14. The van der Waals surface area contributed by atoms with Crippen LogP contribution in [0.5, 0.6) is 0 Å². The molecule has 0 unspecified atom stereocenters. The number of unbranched alkanes of at least 4 members (excludes halogenated alkanes) is 1. The van der Waals surface area contributed by atoms with Gasteiger partial charge in [-0.1, -0.05) is 19.4 Å². The topological polar surface area (TPSA) is 49.4 Å². The minimum Gasteiger partial charge on any atom is -0.348 e. The van der Waals surface area contributed by atoms with Crippen molar-refractivity contribution >= 4 is 23.2 Å². The van der Waals surface area contributed by atoms with E-state index < -0.39 is 0 Å². The van der Waals surface area contributed by atoms with Crippen LogP contribution in [0.15, 0.2) is 17.5 Å². The third kappa shape index (κ3) is 4.07. The standard InChI is InChI=1S/C15H22N2O2S/c1-2-3-6-14(18)17-9-7-12(8-10-17)16-15(19)13-5-4-11-20-13/h4-5,11-12H,2-3,6-10H2,1H3,(H,16,19). The van der Waals surface area contributed by atoms with Gasteiger partial charge in [-0.25, -0.2) is 0 Å². The lowest BCUT2D eigenvalue weighted by Gasteiger charge is -2.32. The fourth-order valence-electron chi connectivity index (χ4n) is 2.42. The molecule has 2 heterocycles. The summed E-state index contributed by atoms with van der Waals surface area (Å²) in [4.78, 5) is 26.6. The summed E-state index contributed by atoms with van der Waals surface area (Å²) in [5, 5.41) is 4.96. The Kier molecular flexibility index (Phi) is 5.59. The van der Waals surface area contributed by atoms with Crippen molar-refractivity contribution in [3.05, 3.63) is 22.4 Å². The molecule has 2 amide bonds. The van der Waals surface area contributed by atoms with Gasteiger partial charge >= 0.3 is 0 Å². The van der Waals surface area contributed by atoms with Crippen molar-refractivity contribution in [1.82, 2.24) is 10.2 Å². The normalized spacial score (nSPS) is 16.1. The Balaban J connectivity index is 1.74. The molecule has 1 saturated heterocycles. The van der Waals surface area contributed by atoms with Gasteiger partial charge in [0.15, 0.2) is 0 Å². The van der Waals surface area contributed by atoms with E-state index in [9.17, 15) is 9.59 Å². The zero-order chi connectivity index (χ0) is 14.4. The van der Waals surface area contributed by atoms with E-state index in [-0.39, 0.29) is 17.9 Å². The third-order valence-electron chi connectivity index (χ3n) is 3.67. The molecule has 1 aromatic rings. The van der Waals surface area contributed by atoms with Crippen molar-refractivity contribution in [3.8, 4) is 0 Å². The monoisotopic (exact) mass is 294 g/mol. The zero-order valence-electron chi connectivity index (χ0n) is 11.9. The Morgan fingerprint density at radius 1 is 1.40 bits per heavy atom. The molecule has 4 nitrogen and oxygen atoms in total. The van der Waals surface area contributed by atoms with E-state index in [1.165, 1.54) is 11.3 Å². The number of carbonyl (C=O) groups excluding carboxylic acids is 2. The van der Waals surface area contributed by atoms with Crippen LogP contribution < -0.4 is 5.32 Å². The second-order valence-electron chi connectivity index (χ2n) is 5.21. The lowest BCUT2D eigenvalue weighted by molar-refractivity contribution is -0.132. The fourth-order valence-corrected chi connectivity index (χ4v) is 3.05. The van der Waals surface area contributed by atoms with Gasteiger partial charge in [-0.2, -0.15) is 0 Å². The maximum Gasteiger partial charge on any atom is 0.261 e. The smallest absolute Gasteiger partial charge is 0.261 e. The molecule has 1 N–H and O–H groups in total. The molecule has 0 bridgehead atoms. The lowest BCUT2D eigenvalue weighted by Crippen LogP contribution is -2.46. The number of likely N-dealkylation sites (tertiary alicyclic amines) is 1. The Morgan fingerprint density at radius 3 is 2.75 bits per heavy atom. The van der Waals surface area contributed by atoms with Crippen LogP contribution in [0.1, 0.15) is 48.7 Å². The maximum atomic E-state index is 11.9. The largest absolute Gasteiger partial charge is 0.348 e. The summed E-state index contributed by atoms with van der Waals surface area (Å²) >= 11 is 1.46. The average molecular weight is 294 g/mol. The highest BCUT2D eigenvalue weighted by molar-refractivity contribution is 7.12. The van der Waals surface area contributed by atoms with Crippen molar-refractivity contribution in [2.45, 2.75) is 45.1 Å². The number of thiophene rings is 1. The van der Waals surface area contributed by atoms with Crippen molar-refractivity contribution in [1.29, 1.82) is 0 Å². The van der Waals surface area contributed by atoms with E-state index in [2.05, 4.69) is 12.2 Å². The fraction of sp³-hybridized carbons (Fsp3) is 0.600. The molecular formula is C15H22N2O2S. The summed E-state index contributed by atoms with van der Waals surface area (Å²) in [5.74, 6) is 0.269. The first-order valence-corrected chi connectivity index (χ1v) is 8.20. The molecule has 0 atom stereocenters. The van der Waals surface area contributed by atoms with Gasteiger partial charge < -0.3 is 10.2 Å². The van der Waals surface area contributed by atoms with Crippen LogP contribution in [0.3, 0.4) is 0 Å². The average Bonchev–Trinajstić information content (AvgIpc) is 3.00. The van der Waals surface area contributed by atoms with E-state index in [1.807, 2.05) is 22.4 Å². The first-order chi connectivity index (χ1) is 9.70. The minimum absolute atomic E-state index is 0.00996. The van der Waals surface area contributed by atoms with Crippen LogP contribution in [-0.4, -0.2) is 35.8 Å². The minimum atomic E-state index is 0.00996. The number of rotatable bonds is 5. The molecular weight excluding hydrogens is 272 g/mol. The van der Waals surface area contributed by atoms with Crippen LogP contribution in [0.4, 0.5) is 0 Å². The summed E-state index contributed by atoms with van der Waals surface area (Å²) in [6.07, 6.45) is 4.39. The Morgan fingerprint density at radius 2 is 2.15 bits per heavy atom. The van der Waals surface area contributed by atoms with Gasteiger partial charge in [-0.3, -0.25) is 9.59 Å². The Labute approximate surface area is 124 Å². The molecule has 0 saturated carbocycles. The SMILES string of the molecule is CCCCC(=O)N1CCC(NC(=O)c2cccs2)CC1. The predicted molar refractivity (Wildman–Crippen MR) is 80.9 cm³/mol. The van der Waals surface area contributed by atoms with Crippen LogP contribution >= 0.6 is 11.3 Å². The molecule has 1 aromatic heterocycles. The summed E-state index contributed by atoms with van der Waals surface area (Å²) in [6, 6.07) is 3.91. The number of amides is 2. The van der Waals surface area contributed by atoms with Gasteiger partial charge in [0.25, 0.3) is 5.91 Å². The molecule has 0 spiro atoms. The summed E-state index contributed by atoms with van der Waals surface area (Å²) in [7, 11) is 0. The van der Waals surface area contributed by atoms with Gasteiger partial charge in [0, 0.05) is 25.6 Å². The van der Waals surface area contributed by atoms with Gasteiger partial charge in [0.2, 0.25) is 5.91 Å². The van der Waals surface area contributed by atoms with E-state index in [1.54, 1.807) is 0 Å². The van der Waals surface area contributed by atoms with Crippen LogP contribution in [0, 0.1) is 0 Å². The molecule has 0 aliphatic carbocycles. The van der Waals surface area contributed by atoms with E-state index in [0.29, 0.717) is 6.42 Å². The first-order valence-electron chi connectivity index (χ1n) is 7.33. The summed E-state index contributed by atoms with van der Waals surface area (Å²) in [6.45, 7) is 3.62. The van der Waals surface area contributed by atoms with Gasteiger partial charge in [-0.05, 0) is 30.7 Å². The zero-order valence-corrected chi connectivity index (χ0v) is 12.7. The molecule has 1 fully saturated rings. The number of nitrogens with one attached hydrogen (secondary N) is 1. The molecule has 1 aliphatic rings. The molecule has 0 aromatic carbocycles. The molecule has 110 valence electrons. The molecule has 0 radical (unpaired) electrons. The van der Waals surface area contributed by atoms with Crippen molar-refractivity contribution in [2.75, 3.05) is 13.1 Å². The number of hydrogen-bond acceptors (Lipinski definition) is 3. The Bertz CT molecular complexity index is 437. The second-order valence-corrected chi connectivity index (χ2v) is 6.16. The summed E-state index contributed by atoms with van der Waals surface area (Å²) < 4.78 is 0. The number of piperidine rings is 1. The number of carbonyl (C=O) groups is 2. The van der Waals surface area contributed by atoms with Gasteiger partial charge in [-0.15, -0.1) is 11.3 Å². The van der Waals surface area contributed by atoms with Crippen LogP contribution in [0.25, 0.3) is 0 Å². The molecule has 1 aliphatic heterocycles. The van der Waals surface area contributed by atoms with Gasteiger partial charge in [0.05, 0.1) is 4.88 Å². The van der Waals surface area contributed by atoms with Crippen LogP contribution in [0.2, 0.25) is 0 Å². The molecule has 5 heteroatoms. The molecule has 20 heavy (non-hydrogen) atoms. The highest BCUT2D eigenvalue weighted by atomic mass is 32.1. The van der Waals surface area contributed by atoms with Gasteiger partial charge in [0.1, 0.15) is 0 Å². The maximum absolute atomic E-state index is 11.9. The second kappa shape index (κ2) is 7.43. The molecule has 2 rings (SSSR count). The number of nitrogens with zero attached hydrogens (tertiary/aromatic N) is 1. The van der Waals surface area contributed by atoms with Crippen molar-refractivity contribution in [2.24, 2.45) is 0 Å². The lowest BCUT2D eigenvalue weighted by atomic mass is 10.0. The Hall–Kier alpha value is -1.36. The van der Waals surface area contributed by atoms with Crippen molar-refractivity contribution in [3.63, 3.8) is 0 Å².